The van der Waals surface area contributed by atoms with Gasteiger partial charge in [-0.3, -0.25) is 0 Å². The predicted octanol–water partition coefficient (Wildman–Crippen LogP) is -1.93. The van der Waals surface area contributed by atoms with E-state index in [0.717, 1.165) is 0 Å². The normalized spacial score (nSPS) is 12.4. The van der Waals surface area contributed by atoms with Gasteiger partial charge in [-0.2, -0.15) is 8.62 Å². The van der Waals surface area contributed by atoms with Crippen LogP contribution in [-0.4, -0.2) is 122 Å². The standard InChI is InChI=1S/Ca.2H4O7P2.Sr.4H/c;2*1-8(2,3)7-9(4,5)6;;;;;/h;2*(H2,1,2,3)(H2,4,5,6);;;;;/q+2;;;+2;4*-1. The Balaban J connectivity index is -0.0000000284. The van der Waals surface area contributed by atoms with Gasteiger partial charge < -0.3 is 44.9 Å². The van der Waals surface area contributed by atoms with Crippen molar-refractivity contribution in [1.82, 2.24) is 0 Å². The molecule has 14 nitrogen and oxygen atoms in total. The summed E-state index contributed by atoms with van der Waals surface area (Å²) in [5.41, 5.74) is 0. The first kappa shape index (κ1) is 31.1. The minimum absolute atomic E-state index is 0. The van der Waals surface area contributed by atoms with Crippen LogP contribution < -0.4 is 0 Å². The maximum absolute atomic E-state index is 9.63. The second kappa shape index (κ2) is 11.8. The topological polar surface area (TPSA) is 249 Å². The van der Waals surface area contributed by atoms with Gasteiger partial charge >= 0.3 is 115 Å². The van der Waals surface area contributed by atoms with Crippen LogP contribution >= 0.6 is 31.3 Å². The van der Waals surface area contributed by atoms with E-state index in [-0.39, 0.29) is 88.9 Å². The zero-order chi connectivity index (χ0) is 15.4. The molecule has 0 aliphatic carbocycles. The third kappa shape index (κ3) is 37.5. The Morgan fingerprint density at radius 1 is 0.550 bits per heavy atom. The van der Waals surface area contributed by atoms with Crippen LogP contribution in [-0.2, 0) is 26.9 Å². The van der Waals surface area contributed by atoms with Gasteiger partial charge in [0.15, 0.2) is 0 Å². The first-order valence-corrected chi connectivity index (χ1v) is 9.18. The van der Waals surface area contributed by atoms with E-state index in [9.17, 15) is 18.3 Å². The Labute approximate surface area is 184 Å². The maximum atomic E-state index is 9.63. The molecular weight excluding hydrogens is 476 g/mol. The molecule has 0 saturated carbocycles. The SMILES string of the molecule is O=P(O)(O)OP(=O)(O)O.O=P(O)(O)OP(=O)(O)O.[Ca+2].[H-].[H-].[H-].[H-].[Sr+2]. The van der Waals surface area contributed by atoms with Crippen LogP contribution in [0.4, 0.5) is 0 Å². The molecule has 0 aromatic heterocycles. The van der Waals surface area contributed by atoms with Gasteiger partial charge in [0, 0.05) is 0 Å². The molecule has 0 saturated heterocycles. The van der Waals surface area contributed by atoms with Gasteiger partial charge in [0.25, 0.3) is 0 Å². The van der Waals surface area contributed by atoms with E-state index in [1.54, 1.807) is 0 Å². The van der Waals surface area contributed by atoms with Crippen molar-refractivity contribution in [1.29, 1.82) is 0 Å². The quantitative estimate of drug-likeness (QED) is 0.159. The molecule has 0 unspecified atom stereocenters. The molecule has 0 aliphatic rings. The van der Waals surface area contributed by atoms with E-state index in [2.05, 4.69) is 8.62 Å². The van der Waals surface area contributed by atoms with Gasteiger partial charge in [-0.15, -0.1) is 0 Å². The van der Waals surface area contributed by atoms with E-state index in [0.29, 0.717) is 0 Å². The first-order chi connectivity index (χ1) is 7.41. The van der Waals surface area contributed by atoms with Crippen molar-refractivity contribution in [3.8, 4) is 0 Å². The van der Waals surface area contributed by atoms with Gasteiger partial charge in [-0.05, 0) is 0 Å². The minimum Gasteiger partial charge on any atom is -1.00 e. The number of hydrogen-bond acceptors (Lipinski definition) is 6. The average Bonchev–Trinajstić information content (AvgIpc) is 1.64. The smallest absolute Gasteiger partial charge is 1.00 e. The summed E-state index contributed by atoms with van der Waals surface area (Å²) in [6, 6.07) is 0. The molecule has 20 heteroatoms. The minimum atomic E-state index is -5.05. The Morgan fingerprint density at radius 3 is 0.650 bits per heavy atom. The maximum Gasteiger partial charge on any atom is 2.00 e. The molecule has 0 fully saturated rings. The first-order valence-electron chi connectivity index (χ1n) is 3.06. The van der Waals surface area contributed by atoms with Crippen LogP contribution in [0.25, 0.3) is 0 Å². The predicted molar refractivity (Wildman–Crippen MR) is 66.3 cm³/mol. The third-order valence-electron chi connectivity index (χ3n) is 0.425. The fraction of sp³-hybridized carbons (Fsp3) is 0. The van der Waals surface area contributed by atoms with Crippen molar-refractivity contribution in [3.05, 3.63) is 0 Å². The molecule has 8 N–H and O–H groups in total. The summed E-state index contributed by atoms with van der Waals surface area (Å²) < 4.78 is 44.4. The Morgan fingerprint density at radius 2 is 0.650 bits per heavy atom. The van der Waals surface area contributed by atoms with Gasteiger partial charge in [-0.1, -0.05) is 0 Å². The van der Waals surface area contributed by atoms with E-state index in [1.807, 2.05) is 0 Å². The van der Waals surface area contributed by atoms with Gasteiger partial charge in [0.1, 0.15) is 0 Å². The van der Waals surface area contributed by atoms with Crippen molar-refractivity contribution < 1.29 is 71.7 Å². The molecule has 0 heterocycles. The number of hydrogen-bond donors (Lipinski definition) is 8. The molecular formula is H12CaO14P4Sr. The molecule has 0 aromatic carbocycles. The van der Waals surface area contributed by atoms with Crippen molar-refractivity contribution in [2.75, 3.05) is 0 Å². The Kier molecular flexibility index (Phi) is 18.3. The zero-order valence-corrected chi connectivity index (χ0v) is 18.5. The van der Waals surface area contributed by atoms with E-state index < -0.39 is 31.3 Å². The summed E-state index contributed by atoms with van der Waals surface area (Å²) in [6.45, 7) is 0. The monoisotopic (exact) mass is 488 g/mol. The van der Waals surface area contributed by atoms with Crippen LogP contribution in [0.15, 0.2) is 0 Å². The average molecular weight is 488 g/mol. The van der Waals surface area contributed by atoms with Crippen LogP contribution in [0.3, 0.4) is 0 Å². The molecule has 0 atom stereocenters. The summed E-state index contributed by atoms with van der Waals surface area (Å²) in [5.74, 6) is 0. The Hall–Kier alpha value is 3.26. The van der Waals surface area contributed by atoms with Crippen LogP contribution in [0.1, 0.15) is 5.71 Å². The van der Waals surface area contributed by atoms with E-state index in [1.165, 1.54) is 0 Å². The second-order valence-electron chi connectivity index (χ2n) is 2.13. The van der Waals surface area contributed by atoms with Gasteiger partial charge in [0.2, 0.25) is 0 Å². The molecule has 0 radical (unpaired) electrons. The van der Waals surface area contributed by atoms with E-state index in [4.69, 9.17) is 39.1 Å². The molecule has 0 aromatic rings. The van der Waals surface area contributed by atoms with Crippen LogP contribution in [0.5, 0.6) is 0 Å². The van der Waals surface area contributed by atoms with Crippen molar-refractivity contribution in [2.24, 2.45) is 0 Å². The summed E-state index contributed by atoms with van der Waals surface area (Å²) in [5, 5.41) is 0. The summed E-state index contributed by atoms with van der Waals surface area (Å²) in [4.78, 5) is 62.0. The third-order valence-corrected chi connectivity index (χ3v) is 3.83. The fourth-order valence-corrected chi connectivity index (χ4v) is 2.49. The fourth-order valence-electron chi connectivity index (χ4n) is 0.277. The molecule has 0 aliphatic heterocycles. The summed E-state index contributed by atoms with van der Waals surface area (Å²) in [7, 11) is -20.2. The largest absolute Gasteiger partial charge is 2.00 e. The Bertz CT molecular complexity index is 364. The van der Waals surface area contributed by atoms with Gasteiger partial charge in [0.05, 0.1) is 0 Å². The van der Waals surface area contributed by atoms with Crippen LogP contribution in [0.2, 0.25) is 0 Å². The van der Waals surface area contributed by atoms with Crippen LogP contribution in [0, 0.1) is 0 Å². The molecule has 20 heavy (non-hydrogen) atoms. The molecule has 0 spiro atoms. The molecule has 0 bridgehead atoms. The van der Waals surface area contributed by atoms with E-state index >= 15 is 0 Å². The molecule has 0 rings (SSSR count). The molecule has 0 amide bonds. The number of rotatable bonds is 4. The van der Waals surface area contributed by atoms with Crippen molar-refractivity contribution in [3.63, 3.8) is 0 Å². The van der Waals surface area contributed by atoms with Crippen molar-refractivity contribution in [2.45, 2.75) is 0 Å². The second-order valence-corrected chi connectivity index (χ2v) is 7.36. The van der Waals surface area contributed by atoms with Gasteiger partial charge in [-0.25, -0.2) is 18.3 Å². The van der Waals surface area contributed by atoms with Crippen molar-refractivity contribution >= 4 is 115 Å². The summed E-state index contributed by atoms with van der Waals surface area (Å²) in [6.07, 6.45) is 0. The molecule has 120 valence electrons. The summed E-state index contributed by atoms with van der Waals surface area (Å²) >= 11 is 0. The zero-order valence-electron chi connectivity index (χ0n) is 13.2. The number of phosphoric acid groups is 4.